The summed E-state index contributed by atoms with van der Waals surface area (Å²) in [7, 11) is 1.42. The van der Waals surface area contributed by atoms with Crippen LogP contribution in [0.1, 0.15) is 67.4 Å². The van der Waals surface area contributed by atoms with Gasteiger partial charge in [-0.1, -0.05) is 6.07 Å². The first-order chi connectivity index (χ1) is 17.6. The van der Waals surface area contributed by atoms with E-state index in [9.17, 15) is 18.0 Å². The summed E-state index contributed by atoms with van der Waals surface area (Å²) in [6.07, 6.45) is 4.80. The van der Waals surface area contributed by atoms with Gasteiger partial charge in [-0.05, 0) is 68.6 Å². The third kappa shape index (κ3) is 3.98. The fourth-order valence-corrected chi connectivity index (χ4v) is 7.34. The number of nitrogens with zero attached hydrogens (tertiary/aromatic N) is 5. The molecule has 7 rings (SSSR count). The fraction of sp³-hybridized carbons (Fsp3) is 0.667. The number of hydrogen-bond acceptors (Lipinski definition) is 4. The third-order valence-electron chi connectivity index (χ3n) is 9.39. The standard InChI is InChI=1S/C27H32F3N5O2/c1-37-22-7-20(27(28,29)30)5-4-19(22)6-17-8-25(9-17)12-33(13-25)24(36)34-14-26(15-34)10-21(11-26)35-16-31-23(32-35)18-2-3-18/h4-5,7,16-18,21H,2-3,6,8-15H2,1H3. The molecule has 2 spiro atoms. The summed E-state index contributed by atoms with van der Waals surface area (Å²) >= 11 is 0. The summed E-state index contributed by atoms with van der Waals surface area (Å²) < 4.78 is 46.3. The monoisotopic (exact) mass is 515 g/mol. The lowest BCUT2D eigenvalue weighted by molar-refractivity contribution is -0.137. The molecule has 0 atom stereocenters. The topological polar surface area (TPSA) is 63.5 Å². The van der Waals surface area contributed by atoms with Crippen molar-refractivity contribution in [3.8, 4) is 5.75 Å². The van der Waals surface area contributed by atoms with E-state index in [0.29, 0.717) is 30.0 Å². The first kappa shape index (κ1) is 23.3. The van der Waals surface area contributed by atoms with E-state index in [0.717, 1.165) is 75.4 Å². The van der Waals surface area contributed by atoms with Gasteiger partial charge in [0.05, 0.1) is 18.7 Å². The van der Waals surface area contributed by atoms with Gasteiger partial charge in [0.25, 0.3) is 0 Å². The molecule has 7 nitrogen and oxygen atoms in total. The average Bonchev–Trinajstić information content (AvgIpc) is 3.49. The zero-order chi connectivity index (χ0) is 25.6. The van der Waals surface area contributed by atoms with E-state index < -0.39 is 11.7 Å². The van der Waals surface area contributed by atoms with E-state index in [4.69, 9.17) is 4.74 Å². The molecule has 1 aromatic heterocycles. The summed E-state index contributed by atoms with van der Waals surface area (Å²) in [4.78, 5) is 21.4. The van der Waals surface area contributed by atoms with Crippen LogP contribution < -0.4 is 4.74 Å². The van der Waals surface area contributed by atoms with Crippen LogP contribution in [-0.4, -0.2) is 63.9 Å². The van der Waals surface area contributed by atoms with E-state index in [1.807, 2.05) is 20.8 Å². The van der Waals surface area contributed by atoms with Crippen LogP contribution in [0.4, 0.5) is 18.0 Å². The Morgan fingerprint density at radius 1 is 1.05 bits per heavy atom. The lowest BCUT2D eigenvalue weighted by Gasteiger charge is -2.63. The Hall–Kier alpha value is -2.78. The van der Waals surface area contributed by atoms with Gasteiger partial charge in [0.15, 0.2) is 5.82 Å². The summed E-state index contributed by atoms with van der Waals surface area (Å²) in [5, 5.41) is 4.67. The molecule has 2 saturated heterocycles. The number of aromatic nitrogens is 3. The average molecular weight is 516 g/mol. The maximum absolute atomic E-state index is 13.0. The van der Waals surface area contributed by atoms with Crippen LogP contribution in [0.3, 0.4) is 0 Å². The van der Waals surface area contributed by atoms with Crippen LogP contribution in [0, 0.1) is 16.7 Å². The number of methoxy groups -OCH3 is 1. The summed E-state index contributed by atoms with van der Waals surface area (Å²) in [5.74, 6) is 2.29. The van der Waals surface area contributed by atoms with Crippen LogP contribution in [0.15, 0.2) is 24.5 Å². The van der Waals surface area contributed by atoms with Crippen LogP contribution >= 0.6 is 0 Å². The Balaban J connectivity index is 0.858. The molecular weight excluding hydrogens is 483 g/mol. The minimum atomic E-state index is -4.37. The molecule has 5 fully saturated rings. The highest BCUT2D eigenvalue weighted by atomic mass is 19.4. The summed E-state index contributed by atoms with van der Waals surface area (Å²) in [6.45, 7) is 3.27. The van der Waals surface area contributed by atoms with E-state index in [1.165, 1.54) is 20.0 Å². The number of benzene rings is 1. The summed E-state index contributed by atoms with van der Waals surface area (Å²) in [6, 6.07) is 4.35. The predicted molar refractivity (Wildman–Crippen MR) is 128 cm³/mol. The minimum absolute atomic E-state index is 0.157. The second kappa shape index (κ2) is 7.86. The minimum Gasteiger partial charge on any atom is -0.496 e. The number of hydrogen-bond donors (Lipinski definition) is 0. The third-order valence-corrected chi connectivity index (χ3v) is 9.39. The number of likely N-dealkylation sites (tertiary alicyclic amines) is 2. The number of alkyl halides is 3. The van der Waals surface area contributed by atoms with Crippen molar-refractivity contribution in [1.29, 1.82) is 0 Å². The second-order valence-electron chi connectivity index (χ2n) is 12.4. The van der Waals surface area contributed by atoms with E-state index in [2.05, 4.69) is 10.1 Å². The van der Waals surface area contributed by atoms with Gasteiger partial charge in [-0.3, -0.25) is 0 Å². The van der Waals surface area contributed by atoms with Crippen molar-refractivity contribution < 1.29 is 22.7 Å². The maximum Gasteiger partial charge on any atom is 0.416 e. The van der Waals surface area contributed by atoms with Gasteiger partial charge in [0.1, 0.15) is 12.1 Å². The number of carbonyl (C=O) groups is 1. The van der Waals surface area contributed by atoms with Crippen molar-refractivity contribution in [3.05, 3.63) is 41.5 Å². The quantitative estimate of drug-likeness (QED) is 0.569. The fourth-order valence-electron chi connectivity index (χ4n) is 7.34. The highest BCUT2D eigenvalue weighted by Crippen LogP contribution is 2.56. The Bertz CT molecular complexity index is 1210. The Labute approximate surface area is 214 Å². The van der Waals surface area contributed by atoms with Crippen LogP contribution in [0.5, 0.6) is 5.75 Å². The van der Waals surface area contributed by atoms with Gasteiger partial charge < -0.3 is 14.5 Å². The second-order valence-corrected chi connectivity index (χ2v) is 12.4. The Kier molecular flexibility index (Phi) is 4.96. The molecule has 1 aromatic carbocycles. The van der Waals surface area contributed by atoms with Gasteiger partial charge in [-0.2, -0.15) is 18.3 Å². The van der Waals surface area contributed by atoms with E-state index in [-0.39, 0.29) is 16.9 Å². The van der Waals surface area contributed by atoms with Crippen LogP contribution in [-0.2, 0) is 12.6 Å². The number of halogens is 3. The predicted octanol–water partition coefficient (Wildman–Crippen LogP) is 4.89. The molecule has 0 radical (unpaired) electrons. The normalized spacial score (nSPS) is 24.4. The molecule has 2 aromatic rings. The maximum atomic E-state index is 13.0. The van der Waals surface area contributed by atoms with Gasteiger partial charge in [-0.15, -0.1) is 0 Å². The highest BCUT2D eigenvalue weighted by Gasteiger charge is 2.58. The molecular formula is C27H32F3N5O2. The molecule has 2 aliphatic heterocycles. The molecule has 0 N–H and O–H groups in total. The van der Waals surface area contributed by atoms with Crippen molar-refractivity contribution in [1.82, 2.24) is 24.6 Å². The largest absolute Gasteiger partial charge is 0.496 e. The van der Waals surface area contributed by atoms with Crippen molar-refractivity contribution in [2.24, 2.45) is 16.7 Å². The molecule has 10 heteroatoms. The first-order valence-electron chi connectivity index (χ1n) is 13.3. The lowest BCUT2D eigenvalue weighted by Crippen LogP contribution is -2.71. The summed E-state index contributed by atoms with van der Waals surface area (Å²) in [5.41, 5.74) is 0.590. The van der Waals surface area contributed by atoms with Crippen molar-refractivity contribution in [2.75, 3.05) is 33.3 Å². The SMILES string of the molecule is COc1cc(C(F)(F)F)ccc1CC1CC2(C1)CN(C(=O)N1CC3(CC(n4cnc(C5CC5)n4)C3)C1)C2. The van der Waals surface area contributed by atoms with Crippen molar-refractivity contribution in [2.45, 2.75) is 63.1 Å². The molecule has 0 bridgehead atoms. The van der Waals surface area contributed by atoms with Crippen molar-refractivity contribution >= 4 is 6.03 Å². The molecule has 198 valence electrons. The van der Waals surface area contributed by atoms with E-state index >= 15 is 0 Å². The Morgan fingerprint density at radius 3 is 2.30 bits per heavy atom. The molecule has 3 aliphatic carbocycles. The first-order valence-corrected chi connectivity index (χ1v) is 13.3. The molecule has 37 heavy (non-hydrogen) atoms. The van der Waals surface area contributed by atoms with Crippen molar-refractivity contribution in [3.63, 3.8) is 0 Å². The molecule has 5 aliphatic rings. The highest BCUT2D eigenvalue weighted by molar-refractivity contribution is 5.77. The van der Waals surface area contributed by atoms with Crippen LogP contribution in [0.2, 0.25) is 0 Å². The van der Waals surface area contributed by atoms with Gasteiger partial charge >= 0.3 is 12.2 Å². The number of ether oxygens (including phenoxy) is 1. The Morgan fingerprint density at radius 2 is 1.70 bits per heavy atom. The molecule has 3 saturated carbocycles. The molecule has 0 unspecified atom stereocenters. The number of rotatable bonds is 5. The number of amides is 2. The van der Waals surface area contributed by atoms with Gasteiger partial charge in [-0.25, -0.2) is 14.5 Å². The smallest absolute Gasteiger partial charge is 0.416 e. The van der Waals surface area contributed by atoms with Gasteiger partial charge in [0, 0.05) is 42.9 Å². The number of carbonyl (C=O) groups excluding carboxylic acids is 1. The zero-order valence-electron chi connectivity index (χ0n) is 21.0. The molecule has 3 heterocycles. The lowest BCUT2D eigenvalue weighted by atomic mass is 9.56. The molecule has 2 amide bonds. The zero-order valence-corrected chi connectivity index (χ0v) is 21.0. The van der Waals surface area contributed by atoms with E-state index in [1.54, 1.807) is 6.07 Å². The van der Waals surface area contributed by atoms with Crippen LogP contribution in [0.25, 0.3) is 0 Å². The number of urea groups is 1. The van der Waals surface area contributed by atoms with Gasteiger partial charge in [0.2, 0.25) is 0 Å².